The average Bonchev–Trinajstić information content (AvgIpc) is 3.06. The lowest BCUT2D eigenvalue weighted by atomic mass is 10.3. The molecular weight excluding hydrogens is 394 g/mol. The predicted octanol–water partition coefficient (Wildman–Crippen LogP) is 0.296. The molecule has 3 rings (SSSR count). The summed E-state index contributed by atoms with van der Waals surface area (Å²) in [5.74, 6) is -0.640. The maximum absolute atomic E-state index is 12.3. The van der Waals surface area contributed by atoms with E-state index < -0.39 is 35.1 Å². The van der Waals surface area contributed by atoms with Gasteiger partial charge < -0.3 is 24.1 Å². The van der Waals surface area contributed by atoms with Crippen LogP contribution < -0.4 is 19.5 Å². The number of nitrogens with zero attached hydrogens (tertiary/aromatic N) is 1. The smallest absolute Gasteiger partial charge is 0.321 e. The van der Waals surface area contributed by atoms with E-state index in [4.69, 9.17) is 14.2 Å². The summed E-state index contributed by atoms with van der Waals surface area (Å²) in [5.41, 5.74) is 0. The number of nitrogens with one attached hydrogen (secondary N) is 2. The summed E-state index contributed by atoms with van der Waals surface area (Å²) >= 11 is 0. The molecule has 0 atom stereocenters. The molecule has 0 saturated heterocycles. The monoisotopic (exact) mass is 411 g/mol. The summed E-state index contributed by atoms with van der Waals surface area (Å²) in [6, 6.07) is 5.55. The molecule has 0 spiro atoms. The molecule has 0 fully saturated rings. The number of ether oxygens (including phenoxy) is 3. The summed E-state index contributed by atoms with van der Waals surface area (Å²) < 4.78 is 46.9. The van der Waals surface area contributed by atoms with Gasteiger partial charge in [-0.2, -0.15) is 4.72 Å². The second-order valence-electron chi connectivity index (χ2n) is 5.58. The Kier molecular flexibility index (Phi) is 6.11. The van der Waals surface area contributed by atoms with Crippen LogP contribution in [0, 0.1) is 0 Å². The van der Waals surface area contributed by atoms with Crippen LogP contribution in [0.3, 0.4) is 0 Å². The van der Waals surface area contributed by atoms with E-state index in [9.17, 15) is 18.0 Å². The number of benzene rings is 1. The number of rotatable bonds is 7. The van der Waals surface area contributed by atoms with Crippen molar-refractivity contribution in [2.75, 3.05) is 31.7 Å². The number of hydrogen-bond donors (Lipinski definition) is 2. The molecule has 1 aliphatic rings. The van der Waals surface area contributed by atoms with Gasteiger partial charge in [-0.05, 0) is 12.1 Å². The summed E-state index contributed by atoms with van der Waals surface area (Å²) in [6.07, 6.45) is 1.95. The molecule has 2 aromatic rings. The van der Waals surface area contributed by atoms with Gasteiger partial charge in [0.25, 0.3) is 5.91 Å². The molecular formula is C16H17N3O8S. The van der Waals surface area contributed by atoms with Gasteiger partial charge in [0.1, 0.15) is 12.8 Å². The predicted molar refractivity (Wildman–Crippen MR) is 93.3 cm³/mol. The number of amides is 1. The first-order valence-corrected chi connectivity index (χ1v) is 9.67. The Bertz CT molecular complexity index is 943. The third-order valence-electron chi connectivity index (χ3n) is 3.51. The minimum atomic E-state index is -3.99. The van der Waals surface area contributed by atoms with Crippen molar-refractivity contribution in [3.63, 3.8) is 0 Å². The molecule has 0 unspecified atom stereocenters. The molecule has 1 aromatic carbocycles. The van der Waals surface area contributed by atoms with E-state index in [1.807, 2.05) is 0 Å². The molecule has 1 aliphatic heterocycles. The Morgan fingerprint density at radius 1 is 1.14 bits per heavy atom. The fraction of sp³-hybridized carbons (Fsp3) is 0.312. The molecule has 0 aliphatic carbocycles. The Hall–Kier alpha value is -3.12. The molecule has 150 valence electrons. The molecule has 0 radical (unpaired) electrons. The van der Waals surface area contributed by atoms with E-state index in [1.54, 1.807) is 0 Å². The van der Waals surface area contributed by atoms with Crippen molar-refractivity contribution in [3.8, 4) is 11.5 Å². The second-order valence-corrected chi connectivity index (χ2v) is 7.34. The van der Waals surface area contributed by atoms with Gasteiger partial charge in [0.15, 0.2) is 23.9 Å². The van der Waals surface area contributed by atoms with Crippen molar-refractivity contribution >= 4 is 27.7 Å². The summed E-state index contributed by atoms with van der Waals surface area (Å²) in [5, 5.41) is 5.79. The normalized spacial score (nSPS) is 13.4. The lowest BCUT2D eigenvalue weighted by Gasteiger charge is -2.10. The number of aromatic nitrogens is 1. The van der Waals surface area contributed by atoms with Gasteiger partial charge in [0.05, 0.1) is 18.1 Å². The van der Waals surface area contributed by atoms with E-state index in [0.29, 0.717) is 31.1 Å². The maximum Gasteiger partial charge on any atom is 0.321 e. The minimum absolute atomic E-state index is 0.0895. The van der Waals surface area contributed by atoms with Gasteiger partial charge in [-0.1, -0.05) is 5.16 Å². The van der Waals surface area contributed by atoms with E-state index >= 15 is 0 Å². The van der Waals surface area contributed by atoms with Crippen LogP contribution in [0.4, 0.5) is 5.82 Å². The van der Waals surface area contributed by atoms with Gasteiger partial charge in [-0.25, -0.2) is 8.42 Å². The van der Waals surface area contributed by atoms with Gasteiger partial charge in [0, 0.05) is 18.6 Å². The summed E-state index contributed by atoms with van der Waals surface area (Å²) in [4.78, 5) is 23.2. The van der Waals surface area contributed by atoms with Gasteiger partial charge in [-0.3, -0.25) is 9.59 Å². The van der Waals surface area contributed by atoms with Crippen molar-refractivity contribution in [1.82, 2.24) is 9.88 Å². The lowest BCUT2D eigenvalue weighted by molar-refractivity contribution is -0.146. The van der Waals surface area contributed by atoms with Crippen molar-refractivity contribution in [1.29, 1.82) is 0 Å². The van der Waals surface area contributed by atoms with Gasteiger partial charge in [0.2, 0.25) is 10.0 Å². The Morgan fingerprint density at radius 3 is 2.68 bits per heavy atom. The largest absolute Gasteiger partial charge is 0.490 e. The van der Waals surface area contributed by atoms with E-state index in [2.05, 4.69) is 19.7 Å². The second kappa shape index (κ2) is 8.71. The molecule has 0 saturated carbocycles. The van der Waals surface area contributed by atoms with Crippen LogP contribution in [0.5, 0.6) is 11.5 Å². The zero-order valence-electron chi connectivity index (χ0n) is 14.5. The first-order valence-electron chi connectivity index (χ1n) is 8.19. The van der Waals surface area contributed by atoms with Gasteiger partial charge in [-0.15, -0.1) is 0 Å². The highest BCUT2D eigenvalue weighted by Crippen LogP contribution is 2.31. The highest BCUT2D eigenvalue weighted by atomic mass is 32.2. The van der Waals surface area contributed by atoms with Crippen LogP contribution in [0.15, 0.2) is 39.9 Å². The third-order valence-corrected chi connectivity index (χ3v) is 4.90. The molecule has 1 aromatic heterocycles. The molecule has 0 bridgehead atoms. The van der Waals surface area contributed by atoms with Crippen molar-refractivity contribution in [2.45, 2.75) is 11.3 Å². The number of carbonyl (C=O) groups is 2. The Morgan fingerprint density at radius 2 is 1.93 bits per heavy atom. The molecule has 2 heterocycles. The van der Waals surface area contributed by atoms with E-state index in [1.165, 1.54) is 30.5 Å². The number of anilines is 1. The quantitative estimate of drug-likeness (QED) is 0.614. The zero-order chi connectivity index (χ0) is 20.0. The number of hydrogen-bond acceptors (Lipinski definition) is 9. The number of esters is 1. The first kappa shape index (κ1) is 19.6. The topological polar surface area (TPSA) is 146 Å². The SMILES string of the molecule is O=C(COC(=O)CNS(=O)(=O)c1ccc2c(c1)OCCCO2)Nc1ccon1. The maximum atomic E-state index is 12.3. The average molecular weight is 411 g/mol. The van der Waals surface area contributed by atoms with Crippen LogP contribution in [-0.4, -0.2) is 51.8 Å². The fourth-order valence-corrected chi connectivity index (χ4v) is 3.18. The molecule has 12 heteroatoms. The molecule has 1 amide bonds. The summed E-state index contributed by atoms with van der Waals surface area (Å²) in [7, 11) is -3.99. The van der Waals surface area contributed by atoms with Crippen LogP contribution >= 0.6 is 0 Å². The van der Waals surface area contributed by atoms with Crippen molar-refractivity contribution < 1.29 is 36.7 Å². The van der Waals surface area contributed by atoms with Crippen LogP contribution in [0.2, 0.25) is 0 Å². The standard InChI is InChI=1S/C16H17N3O8S/c20-15(18-14-4-7-27-19-14)10-26-16(21)9-17-28(22,23)11-2-3-12-13(8-11)25-6-1-5-24-12/h2-4,7-8,17H,1,5-6,9-10H2,(H,18,19,20). The lowest BCUT2D eigenvalue weighted by Crippen LogP contribution is -2.32. The summed E-state index contributed by atoms with van der Waals surface area (Å²) in [6.45, 7) is -0.356. The van der Waals surface area contributed by atoms with Crippen LogP contribution in [-0.2, 0) is 24.3 Å². The number of fused-ring (bicyclic) bond motifs is 1. The number of sulfonamides is 1. The highest BCUT2D eigenvalue weighted by molar-refractivity contribution is 7.89. The molecule has 2 N–H and O–H groups in total. The Balaban J connectivity index is 1.51. The first-order chi connectivity index (χ1) is 13.4. The van der Waals surface area contributed by atoms with Gasteiger partial charge >= 0.3 is 5.97 Å². The van der Waals surface area contributed by atoms with Crippen molar-refractivity contribution in [2.24, 2.45) is 0 Å². The van der Waals surface area contributed by atoms with Crippen LogP contribution in [0.25, 0.3) is 0 Å². The highest BCUT2D eigenvalue weighted by Gasteiger charge is 2.20. The molecule has 11 nitrogen and oxygen atoms in total. The van der Waals surface area contributed by atoms with Crippen LogP contribution in [0.1, 0.15) is 6.42 Å². The van der Waals surface area contributed by atoms with E-state index in [0.717, 1.165) is 0 Å². The van der Waals surface area contributed by atoms with E-state index in [-0.39, 0.29) is 10.7 Å². The number of carbonyl (C=O) groups excluding carboxylic acids is 2. The molecule has 28 heavy (non-hydrogen) atoms. The fourth-order valence-electron chi connectivity index (χ4n) is 2.20. The minimum Gasteiger partial charge on any atom is -0.490 e. The third kappa shape index (κ3) is 5.20. The Labute approximate surface area is 160 Å². The zero-order valence-corrected chi connectivity index (χ0v) is 15.4. The van der Waals surface area contributed by atoms with Crippen molar-refractivity contribution in [3.05, 3.63) is 30.5 Å².